The van der Waals surface area contributed by atoms with Gasteiger partial charge in [0.1, 0.15) is 0 Å². The minimum absolute atomic E-state index is 0.137. The van der Waals surface area contributed by atoms with Crippen LogP contribution in [0.3, 0.4) is 0 Å². The predicted octanol–water partition coefficient (Wildman–Crippen LogP) is 3.18. The minimum Gasteiger partial charge on any atom is -0.326 e. The highest BCUT2D eigenvalue weighted by molar-refractivity contribution is 9.10. The van der Waals surface area contributed by atoms with Crippen LogP contribution in [0.15, 0.2) is 28.7 Å². The standard InChI is InChI=1S/C13H21BrN2/c1-4-9-16(3)13(10(2)15)11-5-7-12(14)8-6-11/h5-8,10,13H,4,9,15H2,1-3H3. The van der Waals surface area contributed by atoms with Crippen LogP contribution in [0.5, 0.6) is 0 Å². The summed E-state index contributed by atoms with van der Waals surface area (Å²) in [4.78, 5) is 2.33. The SMILES string of the molecule is CCCN(C)C(c1ccc(Br)cc1)C(C)N. The van der Waals surface area contributed by atoms with Gasteiger partial charge in [-0.05, 0) is 44.6 Å². The number of halogens is 1. The number of nitrogens with zero attached hydrogens (tertiary/aromatic N) is 1. The molecule has 0 aromatic heterocycles. The molecule has 16 heavy (non-hydrogen) atoms. The van der Waals surface area contributed by atoms with E-state index in [2.05, 4.69) is 66.0 Å². The molecule has 90 valence electrons. The molecule has 2 atom stereocenters. The lowest BCUT2D eigenvalue weighted by Gasteiger charge is -2.31. The fourth-order valence-corrected chi connectivity index (χ4v) is 2.38. The molecule has 2 unspecified atom stereocenters. The van der Waals surface area contributed by atoms with Gasteiger partial charge in [0.2, 0.25) is 0 Å². The first-order valence-electron chi connectivity index (χ1n) is 5.77. The Morgan fingerprint density at radius 2 is 1.88 bits per heavy atom. The third-order valence-electron chi connectivity index (χ3n) is 2.76. The predicted molar refractivity (Wildman–Crippen MR) is 73.5 cm³/mol. The molecular weight excluding hydrogens is 264 g/mol. The number of nitrogens with two attached hydrogens (primary N) is 1. The van der Waals surface area contributed by atoms with E-state index >= 15 is 0 Å². The van der Waals surface area contributed by atoms with Crippen molar-refractivity contribution in [2.24, 2.45) is 5.73 Å². The number of hydrogen-bond donors (Lipinski definition) is 1. The highest BCUT2D eigenvalue weighted by Gasteiger charge is 2.20. The molecule has 0 bridgehead atoms. The molecule has 0 aliphatic carbocycles. The second-order valence-corrected chi connectivity index (χ2v) is 5.25. The van der Waals surface area contributed by atoms with Crippen molar-refractivity contribution in [3.05, 3.63) is 34.3 Å². The van der Waals surface area contributed by atoms with Crippen molar-refractivity contribution in [2.45, 2.75) is 32.4 Å². The van der Waals surface area contributed by atoms with E-state index in [1.165, 1.54) is 5.56 Å². The Labute approximate surface area is 107 Å². The maximum atomic E-state index is 6.08. The summed E-state index contributed by atoms with van der Waals surface area (Å²) >= 11 is 3.45. The van der Waals surface area contributed by atoms with Crippen LogP contribution in [0, 0.1) is 0 Å². The molecule has 0 radical (unpaired) electrons. The first kappa shape index (κ1) is 13.7. The zero-order valence-electron chi connectivity index (χ0n) is 10.3. The normalized spacial score (nSPS) is 15.1. The van der Waals surface area contributed by atoms with Gasteiger partial charge >= 0.3 is 0 Å². The Hall–Kier alpha value is -0.380. The molecule has 0 amide bonds. The van der Waals surface area contributed by atoms with Crippen molar-refractivity contribution in [2.75, 3.05) is 13.6 Å². The van der Waals surface area contributed by atoms with Crippen molar-refractivity contribution >= 4 is 15.9 Å². The summed E-state index contributed by atoms with van der Waals surface area (Å²) in [5.41, 5.74) is 7.37. The highest BCUT2D eigenvalue weighted by atomic mass is 79.9. The third-order valence-corrected chi connectivity index (χ3v) is 3.29. The van der Waals surface area contributed by atoms with Gasteiger partial charge in [-0.1, -0.05) is 35.0 Å². The first-order chi connectivity index (χ1) is 7.56. The molecule has 0 saturated carbocycles. The number of hydrogen-bond acceptors (Lipinski definition) is 2. The Balaban J connectivity index is 2.89. The highest BCUT2D eigenvalue weighted by Crippen LogP contribution is 2.24. The molecule has 1 aromatic rings. The smallest absolute Gasteiger partial charge is 0.0493 e. The first-order valence-corrected chi connectivity index (χ1v) is 6.56. The largest absolute Gasteiger partial charge is 0.326 e. The Kier molecular flexibility index (Phi) is 5.46. The molecule has 0 heterocycles. The molecule has 3 heteroatoms. The quantitative estimate of drug-likeness (QED) is 0.900. The molecule has 0 aliphatic rings. The van der Waals surface area contributed by atoms with Gasteiger partial charge in [0.25, 0.3) is 0 Å². The molecule has 0 saturated heterocycles. The summed E-state index contributed by atoms with van der Waals surface area (Å²) in [5.74, 6) is 0. The maximum absolute atomic E-state index is 6.08. The van der Waals surface area contributed by atoms with E-state index in [4.69, 9.17) is 5.73 Å². The van der Waals surface area contributed by atoms with E-state index < -0.39 is 0 Å². The van der Waals surface area contributed by atoms with Gasteiger partial charge in [0.05, 0.1) is 0 Å². The minimum atomic E-state index is 0.137. The average molecular weight is 285 g/mol. The second-order valence-electron chi connectivity index (χ2n) is 4.34. The summed E-state index contributed by atoms with van der Waals surface area (Å²) in [6, 6.07) is 8.87. The summed E-state index contributed by atoms with van der Waals surface area (Å²) < 4.78 is 1.11. The second kappa shape index (κ2) is 6.38. The van der Waals surface area contributed by atoms with Crippen LogP contribution < -0.4 is 5.73 Å². The van der Waals surface area contributed by atoms with E-state index in [1.807, 2.05) is 0 Å². The fourth-order valence-electron chi connectivity index (χ4n) is 2.11. The van der Waals surface area contributed by atoms with Crippen molar-refractivity contribution in [1.82, 2.24) is 4.90 Å². The number of likely N-dealkylation sites (N-methyl/N-ethyl adjacent to an activating group) is 1. The van der Waals surface area contributed by atoms with Crippen LogP contribution in [0.1, 0.15) is 31.9 Å². The van der Waals surface area contributed by atoms with Crippen LogP contribution in [-0.4, -0.2) is 24.5 Å². The van der Waals surface area contributed by atoms with E-state index in [1.54, 1.807) is 0 Å². The molecule has 2 nitrogen and oxygen atoms in total. The lowest BCUT2D eigenvalue weighted by atomic mass is 9.99. The van der Waals surface area contributed by atoms with Gasteiger partial charge in [0.15, 0.2) is 0 Å². The summed E-state index contributed by atoms with van der Waals surface area (Å²) in [7, 11) is 2.14. The molecule has 1 aromatic carbocycles. The van der Waals surface area contributed by atoms with E-state index in [9.17, 15) is 0 Å². The summed E-state index contributed by atoms with van der Waals surface area (Å²) in [6.45, 7) is 5.33. The van der Waals surface area contributed by atoms with Crippen LogP contribution in [-0.2, 0) is 0 Å². The Morgan fingerprint density at radius 3 is 2.31 bits per heavy atom. The Bertz CT molecular complexity index is 308. The molecule has 0 fully saturated rings. The van der Waals surface area contributed by atoms with E-state index in [-0.39, 0.29) is 6.04 Å². The molecular formula is C13H21BrN2. The number of benzene rings is 1. The summed E-state index contributed by atoms with van der Waals surface area (Å²) in [6.07, 6.45) is 1.15. The van der Waals surface area contributed by atoms with Gasteiger partial charge in [-0.2, -0.15) is 0 Å². The van der Waals surface area contributed by atoms with E-state index in [0.29, 0.717) is 6.04 Å². The zero-order valence-corrected chi connectivity index (χ0v) is 11.9. The van der Waals surface area contributed by atoms with Crippen LogP contribution >= 0.6 is 15.9 Å². The van der Waals surface area contributed by atoms with Gasteiger partial charge in [-0.15, -0.1) is 0 Å². The van der Waals surface area contributed by atoms with Gasteiger partial charge in [-0.25, -0.2) is 0 Å². The Morgan fingerprint density at radius 1 is 1.31 bits per heavy atom. The van der Waals surface area contributed by atoms with Crippen LogP contribution in [0.4, 0.5) is 0 Å². The summed E-state index contributed by atoms with van der Waals surface area (Å²) in [5, 5.41) is 0. The van der Waals surface area contributed by atoms with Crippen molar-refractivity contribution in [1.29, 1.82) is 0 Å². The van der Waals surface area contributed by atoms with Crippen molar-refractivity contribution in [3.8, 4) is 0 Å². The fraction of sp³-hybridized carbons (Fsp3) is 0.538. The topological polar surface area (TPSA) is 29.3 Å². The lowest BCUT2D eigenvalue weighted by Crippen LogP contribution is -2.37. The average Bonchev–Trinajstić information content (AvgIpc) is 2.21. The van der Waals surface area contributed by atoms with Crippen molar-refractivity contribution < 1.29 is 0 Å². The molecule has 1 rings (SSSR count). The zero-order chi connectivity index (χ0) is 12.1. The van der Waals surface area contributed by atoms with E-state index in [0.717, 1.165) is 17.4 Å². The van der Waals surface area contributed by atoms with Crippen molar-refractivity contribution in [3.63, 3.8) is 0 Å². The van der Waals surface area contributed by atoms with Crippen LogP contribution in [0.25, 0.3) is 0 Å². The molecule has 2 N–H and O–H groups in total. The lowest BCUT2D eigenvalue weighted by molar-refractivity contribution is 0.219. The van der Waals surface area contributed by atoms with Crippen LogP contribution in [0.2, 0.25) is 0 Å². The van der Waals surface area contributed by atoms with Gasteiger partial charge < -0.3 is 5.73 Å². The van der Waals surface area contributed by atoms with Gasteiger partial charge in [0, 0.05) is 16.6 Å². The molecule has 0 aliphatic heterocycles. The molecule has 0 spiro atoms. The third kappa shape index (κ3) is 3.58. The monoisotopic (exact) mass is 284 g/mol. The maximum Gasteiger partial charge on any atom is 0.0493 e. The number of rotatable bonds is 5. The van der Waals surface area contributed by atoms with Gasteiger partial charge in [-0.3, -0.25) is 4.90 Å².